The lowest BCUT2D eigenvalue weighted by atomic mass is 9.92. The number of hydrogen-bond acceptors (Lipinski definition) is 3. The van der Waals surface area contributed by atoms with Crippen molar-refractivity contribution in [3.63, 3.8) is 0 Å². The maximum atomic E-state index is 13.2. The molecule has 4 rings (SSSR count). The number of carbonyl (C=O) groups is 3. The summed E-state index contributed by atoms with van der Waals surface area (Å²) in [5.41, 5.74) is 1.73. The number of nitrogens with one attached hydrogen (secondary N) is 2. The summed E-state index contributed by atoms with van der Waals surface area (Å²) in [6, 6.07) is 10.9. The Morgan fingerprint density at radius 3 is 2.81 bits per heavy atom. The molecule has 2 aromatic carbocycles. The van der Waals surface area contributed by atoms with E-state index in [0.717, 1.165) is 16.0 Å². The van der Waals surface area contributed by atoms with Crippen LogP contribution in [0.25, 0.3) is 0 Å². The average Bonchev–Trinajstić information content (AvgIpc) is 3.11. The van der Waals surface area contributed by atoms with Crippen LogP contribution >= 0.6 is 0 Å². The van der Waals surface area contributed by atoms with Gasteiger partial charge in [-0.2, -0.15) is 0 Å². The van der Waals surface area contributed by atoms with Crippen LogP contribution in [-0.4, -0.2) is 29.3 Å². The molecule has 1 spiro atoms. The number of nitrogens with zero attached hydrogens (tertiary/aromatic N) is 1. The van der Waals surface area contributed by atoms with Crippen molar-refractivity contribution in [1.29, 1.82) is 0 Å². The minimum atomic E-state index is -1.08. The van der Waals surface area contributed by atoms with E-state index in [2.05, 4.69) is 10.6 Å². The zero-order valence-corrected chi connectivity index (χ0v) is 14.7. The van der Waals surface area contributed by atoms with Crippen LogP contribution in [0.4, 0.5) is 14.9 Å². The molecule has 7 heteroatoms. The molecule has 4 amide bonds. The van der Waals surface area contributed by atoms with Crippen LogP contribution in [0.2, 0.25) is 0 Å². The van der Waals surface area contributed by atoms with Crippen LogP contribution in [0.5, 0.6) is 0 Å². The number of amides is 4. The third-order valence-corrected chi connectivity index (χ3v) is 5.19. The molecule has 0 saturated carbocycles. The Bertz CT molecular complexity index is 975. The number of urea groups is 1. The highest BCUT2D eigenvalue weighted by Gasteiger charge is 2.55. The molecule has 0 bridgehead atoms. The van der Waals surface area contributed by atoms with Gasteiger partial charge in [-0.05, 0) is 54.7 Å². The lowest BCUT2D eigenvalue weighted by molar-refractivity contribution is -0.134. The van der Waals surface area contributed by atoms with E-state index in [-0.39, 0.29) is 0 Å². The van der Waals surface area contributed by atoms with E-state index in [1.165, 1.54) is 18.2 Å². The van der Waals surface area contributed by atoms with E-state index in [1.807, 2.05) is 24.3 Å². The Morgan fingerprint density at radius 2 is 2.04 bits per heavy atom. The fourth-order valence-corrected chi connectivity index (χ4v) is 3.83. The quantitative estimate of drug-likeness (QED) is 0.818. The van der Waals surface area contributed by atoms with Crippen molar-refractivity contribution >= 4 is 23.5 Å². The monoisotopic (exact) mass is 367 g/mol. The summed E-state index contributed by atoms with van der Waals surface area (Å²) in [4.78, 5) is 38.7. The number of carbonyl (C=O) groups excluding carboxylic acids is 3. The molecule has 1 atom stereocenters. The van der Waals surface area contributed by atoms with Gasteiger partial charge >= 0.3 is 6.03 Å². The van der Waals surface area contributed by atoms with Crippen LogP contribution in [0, 0.1) is 12.7 Å². The van der Waals surface area contributed by atoms with Gasteiger partial charge in [0.05, 0.1) is 0 Å². The maximum Gasteiger partial charge on any atom is 0.325 e. The van der Waals surface area contributed by atoms with Gasteiger partial charge in [-0.3, -0.25) is 14.5 Å². The number of halogens is 1. The minimum absolute atomic E-state index is 0.397. The highest BCUT2D eigenvalue weighted by molar-refractivity contribution is 6.11. The molecule has 0 radical (unpaired) electrons. The van der Waals surface area contributed by atoms with Gasteiger partial charge < -0.3 is 10.6 Å². The molecule has 1 aliphatic heterocycles. The van der Waals surface area contributed by atoms with Gasteiger partial charge in [0.15, 0.2) is 0 Å². The number of imide groups is 1. The summed E-state index contributed by atoms with van der Waals surface area (Å²) in [5.74, 6) is -1.33. The predicted octanol–water partition coefficient (Wildman–Crippen LogP) is 2.47. The van der Waals surface area contributed by atoms with Crippen molar-refractivity contribution < 1.29 is 18.8 Å². The number of anilines is 1. The van der Waals surface area contributed by atoms with Gasteiger partial charge in [-0.15, -0.1) is 0 Å². The van der Waals surface area contributed by atoms with E-state index < -0.39 is 35.7 Å². The van der Waals surface area contributed by atoms with E-state index >= 15 is 0 Å². The SMILES string of the molecule is Cc1cc(F)ccc1NC(=O)CN1C(=O)NC2(CCc3ccccc32)C1=O. The Kier molecular flexibility index (Phi) is 3.95. The highest BCUT2D eigenvalue weighted by Crippen LogP contribution is 2.41. The molecule has 6 nitrogen and oxygen atoms in total. The smallest absolute Gasteiger partial charge is 0.324 e. The fraction of sp³-hybridized carbons (Fsp3) is 0.250. The van der Waals surface area contributed by atoms with Crippen molar-refractivity contribution in [3.05, 3.63) is 65.0 Å². The van der Waals surface area contributed by atoms with Crippen molar-refractivity contribution in [3.8, 4) is 0 Å². The summed E-state index contributed by atoms with van der Waals surface area (Å²) in [5, 5.41) is 5.41. The standard InChI is InChI=1S/C20H18FN3O3/c1-12-10-14(21)6-7-16(12)22-17(25)11-24-18(26)20(23-19(24)27)9-8-13-4-2-3-5-15(13)20/h2-7,10H,8-9,11H2,1H3,(H,22,25)(H,23,27). The first-order valence-corrected chi connectivity index (χ1v) is 8.69. The minimum Gasteiger partial charge on any atom is -0.324 e. The van der Waals surface area contributed by atoms with Gasteiger partial charge in [0.2, 0.25) is 5.91 Å². The topological polar surface area (TPSA) is 78.5 Å². The zero-order chi connectivity index (χ0) is 19.2. The molecule has 138 valence electrons. The number of rotatable bonds is 3. The molecule has 1 heterocycles. The summed E-state index contributed by atoms with van der Waals surface area (Å²) >= 11 is 0. The predicted molar refractivity (Wildman–Crippen MR) is 96.5 cm³/mol. The van der Waals surface area contributed by atoms with Gasteiger partial charge in [0.1, 0.15) is 17.9 Å². The molecule has 1 saturated heterocycles. The van der Waals surface area contributed by atoms with Crippen molar-refractivity contribution in [2.45, 2.75) is 25.3 Å². The lowest BCUT2D eigenvalue weighted by Gasteiger charge is -2.22. The van der Waals surface area contributed by atoms with E-state index in [1.54, 1.807) is 6.92 Å². The van der Waals surface area contributed by atoms with E-state index in [9.17, 15) is 18.8 Å². The molecule has 1 aliphatic carbocycles. The average molecular weight is 367 g/mol. The molecule has 2 aromatic rings. The fourth-order valence-electron chi connectivity index (χ4n) is 3.83. The summed E-state index contributed by atoms with van der Waals surface area (Å²) in [6.07, 6.45) is 1.17. The van der Waals surface area contributed by atoms with Crippen LogP contribution in [0.1, 0.15) is 23.1 Å². The first kappa shape index (κ1) is 17.2. The Hall–Kier alpha value is -3.22. The number of hydrogen-bond donors (Lipinski definition) is 2. The van der Waals surface area contributed by atoms with Crippen LogP contribution < -0.4 is 10.6 Å². The summed E-state index contributed by atoms with van der Waals surface area (Å²) in [7, 11) is 0. The van der Waals surface area contributed by atoms with Crippen molar-refractivity contribution in [2.75, 3.05) is 11.9 Å². The van der Waals surface area contributed by atoms with Gasteiger partial charge in [-0.1, -0.05) is 24.3 Å². The van der Waals surface area contributed by atoms with Crippen LogP contribution in [0.3, 0.4) is 0 Å². The normalized spacial score (nSPS) is 20.7. The molecular weight excluding hydrogens is 349 g/mol. The van der Waals surface area contributed by atoms with Crippen molar-refractivity contribution in [2.24, 2.45) is 0 Å². The van der Waals surface area contributed by atoms with E-state index in [0.29, 0.717) is 24.1 Å². The first-order valence-electron chi connectivity index (χ1n) is 8.69. The zero-order valence-electron chi connectivity index (χ0n) is 14.7. The molecule has 1 unspecified atom stereocenters. The molecule has 1 fully saturated rings. The third kappa shape index (κ3) is 2.75. The number of aryl methyl sites for hydroxylation is 2. The Balaban J connectivity index is 1.53. The Labute approximate surface area is 155 Å². The second-order valence-electron chi connectivity index (χ2n) is 6.89. The molecule has 27 heavy (non-hydrogen) atoms. The molecular formula is C20H18FN3O3. The Morgan fingerprint density at radius 1 is 1.26 bits per heavy atom. The molecule has 2 aliphatic rings. The van der Waals surface area contributed by atoms with E-state index in [4.69, 9.17) is 0 Å². The van der Waals surface area contributed by atoms with Crippen LogP contribution in [0.15, 0.2) is 42.5 Å². The largest absolute Gasteiger partial charge is 0.325 e. The molecule has 0 aromatic heterocycles. The van der Waals surface area contributed by atoms with Gasteiger partial charge in [-0.25, -0.2) is 9.18 Å². The number of benzene rings is 2. The molecule has 2 N–H and O–H groups in total. The summed E-state index contributed by atoms with van der Waals surface area (Å²) in [6.45, 7) is 1.27. The van der Waals surface area contributed by atoms with Gasteiger partial charge in [0.25, 0.3) is 5.91 Å². The number of fused-ring (bicyclic) bond motifs is 2. The second kappa shape index (κ2) is 6.19. The van der Waals surface area contributed by atoms with Crippen molar-refractivity contribution in [1.82, 2.24) is 10.2 Å². The maximum absolute atomic E-state index is 13.2. The summed E-state index contributed by atoms with van der Waals surface area (Å²) < 4.78 is 13.2. The second-order valence-corrected chi connectivity index (χ2v) is 6.89. The van der Waals surface area contributed by atoms with Crippen LogP contribution in [-0.2, 0) is 21.5 Å². The first-order chi connectivity index (χ1) is 12.9. The van der Waals surface area contributed by atoms with Gasteiger partial charge in [0, 0.05) is 5.69 Å². The highest BCUT2D eigenvalue weighted by atomic mass is 19.1. The third-order valence-electron chi connectivity index (χ3n) is 5.19. The lowest BCUT2D eigenvalue weighted by Crippen LogP contribution is -2.43.